The summed E-state index contributed by atoms with van der Waals surface area (Å²) < 4.78 is 10.4. The van der Waals surface area contributed by atoms with E-state index < -0.39 is 0 Å². The van der Waals surface area contributed by atoms with Crippen LogP contribution in [0.2, 0.25) is 0 Å². The van der Waals surface area contributed by atoms with Gasteiger partial charge in [-0.25, -0.2) is 0 Å². The molecule has 0 amide bonds. The summed E-state index contributed by atoms with van der Waals surface area (Å²) in [6.45, 7) is 2.82. The van der Waals surface area contributed by atoms with Crippen LogP contribution in [0.15, 0.2) is 16.5 Å². The molecule has 0 aromatic carbocycles. The van der Waals surface area contributed by atoms with Gasteiger partial charge in [0, 0.05) is 20.0 Å². The van der Waals surface area contributed by atoms with Gasteiger partial charge >= 0.3 is 0 Å². The van der Waals surface area contributed by atoms with Crippen molar-refractivity contribution in [3.8, 4) is 0 Å². The standard InChI is InChI=1S/C9H14O2/c1-3-8-4-5-9(11-8)6-7-10-2/h4-5H,3,6-7H2,1-2H3. The highest BCUT2D eigenvalue weighted by molar-refractivity contribution is 5.06. The van der Waals surface area contributed by atoms with Crippen LogP contribution in [0.1, 0.15) is 18.4 Å². The van der Waals surface area contributed by atoms with E-state index in [1.807, 2.05) is 12.1 Å². The van der Waals surface area contributed by atoms with Crippen molar-refractivity contribution in [3.63, 3.8) is 0 Å². The summed E-state index contributed by atoms with van der Waals surface area (Å²) in [6, 6.07) is 4.03. The van der Waals surface area contributed by atoms with Crippen LogP contribution in [0.25, 0.3) is 0 Å². The number of rotatable bonds is 4. The predicted octanol–water partition coefficient (Wildman–Crippen LogP) is 2.03. The van der Waals surface area contributed by atoms with Crippen LogP contribution in [0.3, 0.4) is 0 Å². The van der Waals surface area contributed by atoms with Gasteiger partial charge in [0.15, 0.2) is 0 Å². The molecule has 0 saturated heterocycles. The first-order chi connectivity index (χ1) is 5.36. The first-order valence-corrected chi connectivity index (χ1v) is 3.93. The second-order valence-electron chi connectivity index (χ2n) is 2.46. The highest BCUT2D eigenvalue weighted by atomic mass is 16.5. The summed E-state index contributed by atoms with van der Waals surface area (Å²) in [7, 11) is 1.70. The van der Waals surface area contributed by atoms with Crippen LogP contribution in [-0.2, 0) is 17.6 Å². The fraction of sp³-hybridized carbons (Fsp3) is 0.556. The average molecular weight is 154 g/mol. The van der Waals surface area contributed by atoms with Crippen LogP contribution in [-0.4, -0.2) is 13.7 Å². The first-order valence-electron chi connectivity index (χ1n) is 3.93. The number of methoxy groups -OCH3 is 1. The molecule has 0 aliphatic rings. The molecule has 1 heterocycles. The zero-order valence-corrected chi connectivity index (χ0v) is 7.09. The molecule has 62 valence electrons. The average Bonchev–Trinajstić information content (AvgIpc) is 2.48. The third kappa shape index (κ3) is 2.39. The van der Waals surface area contributed by atoms with Gasteiger partial charge in [0.2, 0.25) is 0 Å². The SMILES string of the molecule is CCc1ccc(CCOC)o1. The van der Waals surface area contributed by atoms with Gasteiger partial charge in [0.1, 0.15) is 11.5 Å². The van der Waals surface area contributed by atoms with E-state index in [4.69, 9.17) is 9.15 Å². The van der Waals surface area contributed by atoms with Crippen molar-refractivity contribution in [3.05, 3.63) is 23.7 Å². The van der Waals surface area contributed by atoms with Crippen molar-refractivity contribution < 1.29 is 9.15 Å². The van der Waals surface area contributed by atoms with E-state index in [2.05, 4.69) is 6.92 Å². The molecule has 0 radical (unpaired) electrons. The maximum atomic E-state index is 5.45. The quantitative estimate of drug-likeness (QED) is 0.662. The van der Waals surface area contributed by atoms with E-state index in [1.54, 1.807) is 7.11 Å². The Labute approximate surface area is 67.2 Å². The fourth-order valence-electron chi connectivity index (χ4n) is 0.949. The minimum atomic E-state index is 0.733. The lowest BCUT2D eigenvalue weighted by molar-refractivity contribution is 0.196. The molecule has 0 aliphatic carbocycles. The van der Waals surface area contributed by atoms with Gasteiger partial charge < -0.3 is 9.15 Å². The second-order valence-corrected chi connectivity index (χ2v) is 2.46. The molecule has 11 heavy (non-hydrogen) atoms. The molecule has 1 aromatic rings. The summed E-state index contributed by atoms with van der Waals surface area (Å²) in [5, 5.41) is 0. The van der Waals surface area contributed by atoms with Crippen molar-refractivity contribution >= 4 is 0 Å². The largest absolute Gasteiger partial charge is 0.466 e. The molecule has 0 aliphatic heterocycles. The number of hydrogen-bond acceptors (Lipinski definition) is 2. The Morgan fingerprint density at radius 1 is 1.36 bits per heavy atom. The lowest BCUT2D eigenvalue weighted by Crippen LogP contribution is -1.91. The topological polar surface area (TPSA) is 22.4 Å². The summed E-state index contributed by atoms with van der Waals surface area (Å²) in [5.74, 6) is 2.07. The molecule has 0 saturated carbocycles. The van der Waals surface area contributed by atoms with Crippen LogP contribution in [0.4, 0.5) is 0 Å². The van der Waals surface area contributed by atoms with E-state index >= 15 is 0 Å². The maximum Gasteiger partial charge on any atom is 0.106 e. The van der Waals surface area contributed by atoms with Crippen molar-refractivity contribution in [1.29, 1.82) is 0 Å². The zero-order valence-electron chi connectivity index (χ0n) is 7.09. The predicted molar refractivity (Wildman–Crippen MR) is 43.7 cm³/mol. The van der Waals surface area contributed by atoms with Gasteiger partial charge in [0.05, 0.1) is 6.61 Å². The lowest BCUT2D eigenvalue weighted by atomic mass is 10.3. The maximum absolute atomic E-state index is 5.45. The highest BCUT2D eigenvalue weighted by Crippen LogP contribution is 2.08. The third-order valence-corrected chi connectivity index (χ3v) is 1.62. The van der Waals surface area contributed by atoms with Crippen molar-refractivity contribution in [2.75, 3.05) is 13.7 Å². The first kappa shape index (κ1) is 8.34. The minimum Gasteiger partial charge on any atom is -0.466 e. The zero-order chi connectivity index (χ0) is 8.10. The molecule has 0 bridgehead atoms. The van der Waals surface area contributed by atoms with Crippen molar-refractivity contribution in [1.82, 2.24) is 0 Å². The summed E-state index contributed by atoms with van der Waals surface area (Å²) in [4.78, 5) is 0. The molecule has 0 fully saturated rings. The molecule has 1 rings (SSSR count). The molecule has 0 spiro atoms. The molecule has 0 atom stereocenters. The number of ether oxygens (including phenoxy) is 1. The minimum absolute atomic E-state index is 0.733. The molecule has 2 nitrogen and oxygen atoms in total. The van der Waals surface area contributed by atoms with E-state index in [1.165, 1.54) is 0 Å². The van der Waals surface area contributed by atoms with Gasteiger partial charge in [-0.3, -0.25) is 0 Å². The monoisotopic (exact) mass is 154 g/mol. The van der Waals surface area contributed by atoms with Gasteiger partial charge in [-0.15, -0.1) is 0 Å². The van der Waals surface area contributed by atoms with Crippen LogP contribution >= 0.6 is 0 Å². The summed E-state index contributed by atoms with van der Waals surface area (Å²) in [5.41, 5.74) is 0. The van der Waals surface area contributed by atoms with Gasteiger partial charge in [-0.2, -0.15) is 0 Å². The Kier molecular flexibility index (Phi) is 3.17. The Hall–Kier alpha value is -0.760. The molecule has 0 unspecified atom stereocenters. The lowest BCUT2D eigenvalue weighted by Gasteiger charge is -1.94. The summed E-state index contributed by atoms with van der Waals surface area (Å²) in [6.07, 6.45) is 1.84. The smallest absolute Gasteiger partial charge is 0.106 e. The van der Waals surface area contributed by atoms with Crippen LogP contribution in [0, 0.1) is 0 Å². The molecular weight excluding hydrogens is 140 g/mol. The summed E-state index contributed by atoms with van der Waals surface area (Å²) >= 11 is 0. The van der Waals surface area contributed by atoms with Crippen LogP contribution < -0.4 is 0 Å². The third-order valence-electron chi connectivity index (χ3n) is 1.62. The van der Waals surface area contributed by atoms with Gasteiger partial charge in [0.25, 0.3) is 0 Å². The normalized spacial score (nSPS) is 10.4. The number of hydrogen-bond donors (Lipinski definition) is 0. The van der Waals surface area contributed by atoms with Gasteiger partial charge in [-0.05, 0) is 12.1 Å². The van der Waals surface area contributed by atoms with Crippen molar-refractivity contribution in [2.45, 2.75) is 19.8 Å². The Morgan fingerprint density at radius 3 is 2.64 bits per heavy atom. The van der Waals surface area contributed by atoms with Crippen LogP contribution in [0.5, 0.6) is 0 Å². The number of furan rings is 1. The van der Waals surface area contributed by atoms with Gasteiger partial charge in [-0.1, -0.05) is 6.92 Å². The number of aryl methyl sites for hydroxylation is 1. The molecule has 2 heteroatoms. The fourth-order valence-corrected chi connectivity index (χ4v) is 0.949. The Balaban J connectivity index is 2.44. The molecule has 0 N–H and O–H groups in total. The second kappa shape index (κ2) is 4.19. The van der Waals surface area contributed by atoms with E-state index in [-0.39, 0.29) is 0 Å². The van der Waals surface area contributed by atoms with E-state index in [0.29, 0.717) is 0 Å². The van der Waals surface area contributed by atoms with E-state index in [9.17, 15) is 0 Å². The molecule has 1 aromatic heterocycles. The highest BCUT2D eigenvalue weighted by Gasteiger charge is 1.98. The Bertz CT molecular complexity index is 203. The molecular formula is C9H14O2. The van der Waals surface area contributed by atoms with E-state index in [0.717, 1.165) is 31.0 Å². The Morgan fingerprint density at radius 2 is 2.09 bits per heavy atom. The van der Waals surface area contributed by atoms with Crippen molar-refractivity contribution in [2.24, 2.45) is 0 Å².